The van der Waals surface area contributed by atoms with E-state index in [-0.39, 0.29) is 5.57 Å². The highest BCUT2D eigenvalue weighted by atomic mass is 16.5. The molecule has 0 unspecified atom stereocenters. The fourth-order valence-corrected chi connectivity index (χ4v) is 2.12. The van der Waals surface area contributed by atoms with Crippen LogP contribution in [-0.4, -0.2) is 20.2 Å². The number of carbonyl (C=O) groups is 1. The smallest absolute Gasteiger partial charge is 0.349 e. The van der Waals surface area contributed by atoms with E-state index in [1.165, 1.54) is 7.11 Å². The van der Waals surface area contributed by atoms with Crippen LogP contribution in [0.2, 0.25) is 0 Å². The van der Waals surface area contributed by atoms with Gasteiger partial charge in [0, 0.05) is 5.57 Å². The lowest BCUT2D eigenvalue weighted by Gasteiger charge is -2.11. The van der Waals surface area contributed by atoms with Crippen molar-refractivity contribution in [2.24, 2.45) is 0 Å². The van der Waals surface area contributed by atoms with Gasteiger partial charge in [-0.25, -0.2) is 4.79 Å². The second-order valence-corrected chi connectivity index (χ2v) is 4.45. The van der Waals surface area contributed by atoms with Gasteiger partial charge in [-0.15, -0.1) is 0 Å². The first-order chi connectivity index (χ1) is 10.7. The number of nitriles is 1. The van der Waals surface area contributed by atoms with Gasteiger partial charge in [-0.2, -0.15) is 5.26 Å². The van der Waals surface area contributed by atoms with Crippen molar-refractivity contribution in [1.82, 2.24) is 0 Å². The Hall–Kier alpha value is -3.06. The summed E-state index contributed by atoms with van der Waals surface area (Å²) in [7, 11) is 2.84. The standard InChI is InChI=1S/C18H15NO3/c1-21-15-10-8-14(9-11-15)17(13-6-4-3-5-7-13)16(12-19)18(20)22-2/h3-11H,1-2H3/b17-16+. The highest BCUT2D eigenvalue weighted by Gasteiger charge is 2.19. The number of ether oxygens (including phenoxy) is 2. The van der Waals surface area contributed by atoms with E-state index in [2.05, 4.69) is 0 Å². The Balaban J connectivity index is 2.67. The molecule has 0 fully saturated rings. The molecule has 0 spiro atoms. The Bertz CT molecular complexity index is 725. The zero-order valence-corrected chi connectivity index (χ0v) is 12.4. The molecule has 0 amide bonds. The van der Waals surface area contributed by atoms with E-state index in [9.17, 15) is 10.1 Å². The van der Waals surface area contributed by atoms with E-state index in [1.54, 1.807) is 31.4 Å². The van der Waals surface area contributed by atoms with Crippen molar-refractivity contribution >= 4 is 11.5 Å². The van der Waals surface area contributed by atoms with Crippen molar-refractivity contribution < 1.29 is 14.3 Å². The number of methoxy groups -OCH3 is 2. The van der Waals surface area contributed by atoms with Crippen LogP contribution in [-0.2, 0) is 9.53 Å². The Labute approximate surface area is 129 Å². The summed E-state index contributed by atoms with van der Waals surface area (Å²) in [4.78, 5) is 11.9. The van der Waals surface area contributed by atoms with Gasteiger partial charge in [-0.3, -0.25) is 0 Å². The van der Waals surface area contributed by atoms with Crippen LogP contribution in [0.1, 0.15) is 11.1 Å². The molecule has 0 aromatic heterocycles. The molecule has 2 aromatic rings. The summed E-state index contributed by atoms with van der Waals surface area (Å²) in [5, 5.41) is 9.39. The topological polar surface area (TPSA) is 59.3 Å². The molecular formula is C18H15NO3. The van der Waals surface area contributed by atoms with Crippen LogP contribution in [0.5, 0.6) is 5.75 Å². The Morgan fingerprint density at radius 3 is 2.05 bits per heavy atom. The SMILES string of the molecule is COC(=O)/C(C#N)=C(\c1ccccc1)c1ccc(OC)cc1. The van der Waals surface area contributed by atoms with Gasteiger partial charge in [-0.05, 0) is 23.3 Å². The summed E-state index contributed by atoms with van der Waals surface area (Å²) in [6, 6.07) is 18.4. The van der Waals surface area contributed by atoms with E-state index in [0.29, 0.717) is 11.3 Å². The quantitative estimate of drug-likeness (QED) is 0.493. The molecule has 0 aliphatic heterocycles. The van der Waals surface area contributed by atoms with Crippen LogP contribution in [0.3, 0.4) is 0 Å². The molecule has 2 aromatic carbocycles. The lowest BCUT2D eigenvalue weighted by Crippen LogP contribution is -2.07. The Morgan fingerprint density at radius 1 is 0.955 bits per heavy atom. The zero-order chi connectivity index (χ0) is 15.9. The largest absolute Gasteiger partial charge is 0.497 e. The number of benzene rings is 2. The van der Waals surface area contributed by atoms with Crippen LogP contribution in [0.4, 0.5) is 0 Å². The number of hydrogen-bond donors (Lipinski definition) is 0. The molecule has 0 N–H and O–H groups in total. The molecule has 4 nitrogen and oxygen atoms in total. The normalized spacial score (nSPS) is 11.1. The van der Waals surface area contributed by atoms with Crippen molar-refractivity contribution in [3.05, 3.63) is 71.3 Å². The van der Waals surface area contributed by atoms with Gasteiger partial charge in [0.1, 0.15) is 17.4 Å². The zero-order valence-electron chi connectivity index (χ0n) is 12.4. The van der Waals surface area contributed by atoms with E-state index in [4.69, 9.17) is 9.47 Å². The highest BCUT2D eigenvalue weighted by molar-refractivity contribution is 6.05. The second kappa shape index (κ2) is 7.09. The summed E-state index contributed by atoms with van der Waals surface area (Å²) in [5.74, 6) is 0.0462. The highest BCUT2D eigenvalue weighted by Crippen LogP contribution is 2.28. The molecule has 0 bridgehead atoms. The molecule has 0 radical (unpaired) electrons. The summed E-state index contributed by atoms with van der Waals surface area (Å²) in [6.45, 7) is 0. The molecule has 22 heavy (non-hydrogen) atoms. The minimum Gasteiger partial charge on any atom is -0.497 e. The Kier molecular flexibility index (Phi) is 4.94. The summed E-state index contributed by atoms with van der Waals surface area (Å²) in [6.07, 6.45) is 0. The van der Waals surface area contributed by atoms with Crippen molar-refractivity contribution in [2.45, 2.75) is 0 Å². The van der Waals surface area contributed by atoms with Crippen LogP contribution >= 0.6 is 0 Å². The molecule has 4 heteroatoms. The Morgan fingerprint density at radius 2 is 1.55 bits per heavy atom. The number of carbonyl (C=O) groups excluding carboxylic acids is 1. The van der Waals surface area contributed by atoms with Crippen molar-refractivity contribution in [2.75, 3.05) is 14.2 Å². The van der Waals surface area contributed by atoms with Gasteiger partial charge in [0.25, 0.3) is 0 Å². The number of hydrogen-bond acceptors (Lipinski definition) is 4. The lowest BCUT2D eigenvalue weighted by molar-refractivity contribution is -0.135. The number of rotatable bonds is 4. The van der Waals surface area contributed by atoms with Crippen molar-refractivity contribution in [3.63, 3.8) is 0 Å². The third-order valence-corrected chi connectivity index (χ3v) is 3.19. The van der Waals surface area contributed by atoms with Gasteiger partial charge in [0.05, 0.1) is 14.2 Å². The van der Waals surface area contributed by atoms with E-state index in [1.807, 2.05) is 36.4 Å². The van der Waals surface area contributed by atoms with E-state index >= 15 is 0 Å². The third kappa shape index (κ3) is 3.15. The average molecular weight is 293 g/mol. The first kappa shape index (κ1) is 15.3. The molecule has 0 heterocycles. The van der Waals surface area contributed by atoms with Gasteiger partial charge in [0.15, 0.2) is 0 Å². The van der Waals surface area contributed by atoms with Gasteiger partial charge >= 0.3 is 5.97 Å². The molecule has 0 saturated heterocycles. The monoisotopic (exact) mass is 293 g/mol. The molecule has 0 atom stereocenters. The predicted molar refractivity (Wildman–Crippen MR) is 83.1 cm³/mol. The molecule has 2 rings (SSSR count). The molecule has 0 saturated carbocycles. The first-order valence-corrected chi connectivity index (χ1v) is 6.63. The van der Waals surface area contributed by atoms with Crippen molar-refractivity contribution in [3.8, 4) is 11.8 Å². The third-order valence-electron chi connectivity index (χ3n) is 3.19. The van der Waals surface area contributed by atoms with E-state index < -0.39 is 5.97 Å². The maximum absolute atomic E-state index is 11.9. The summed E-state index contributed by atoms with van der Waals surface area (Å²) >= 11 is 0. The molecule has 0 aliphatic carbocycles. The molecular weight excluding hydrogens is 278 g/mol. The maximum Gasteiger partial charge on any atom is 0.349 e. The van der Waals surface area contributed by atoms with Crippen LogP contribution in [0.25, 0.3) is 5.57 Å². The minimum absolute atomic E-state index is 0.0288. The second-order valence-electron chi connectivity index (χ2n) is 4.45. The molecule has 110 valence electrons. The predicted octanol–water partition coefficient (Wildman–Crippen LogP) is 3.19. The first-order valence-electron chi connectivity index (χ1n) is 6.63. The van der Waals surface area contributed by atoms with Crippen LogP contribution < -0.4 is 4.74 Å². The lowest BCUT2D eigenvalue weighted by atomic mass is 9.93. The fraction of sp³-hybridized carbons (Fsp3) is 0.111. The minimum atomic E-state index is -0.655. The van der Waals surface area contributed by atoms with Crippen molar-refractivity contribution in [1.29, 1.82) is 5.26 Å². The van der Waals surface area contributed by atoms with Crippen LogP contribution in [0, 0.1) is 11.3 Å². The number of esters is 1. The van der Waals surface area contributed by atoms with Gasteiger partial charge < -0.3 is 9.47 Å². The average Bonchev–Trinajstić information content (AvgIpc) is 2.60. The number of nitrogens with zero attached hydrogens (tertiary/aromatic N) is 1. The summed E-state index contributed by atoms with van der Waals surface area (Å²) in [5.41, 5.74) is 2.03. The summed E-state index contributed by atoms with van der Waals surface area (Å²) < 4.78 is 9.87. The maximum atomic E-state index is 11.9. The molecule has 0 aliphatic rings. The fourth-order valence-electron chi connectivity index (χ4n) is 2.12. The van der Waals surface area contributed by atoms with E-state index in [0.717, 1.165) is 11.1 Å². The van der Waals surface area contributed by atoms with Crippen LogP contribution in [0.15, 0.2) is 60.2 Å². The van der Waals surface area contributed by atoms with Gasteiger partial charge in [-0.1, -0.05) is 42.5 Å². The van der Waals surface area contributed by atoms with Gasteiger partial charge in [0.2, 0.25) is 0 Å².